The molecule has 0 aliphatic rings. The number of benzene rings is 1. The van der Waals surface area contributed by atoms with Gasteiger partial charge in [-0.2, -0.15) is 5.26 Å². The van der Waals surface area contributed by atoms with E-state index in [1.54, 1.807) is 13.0 Å². The summed E-state index contributed by atoms with van der Waals surface area (Å²) in [6.45, 7) is 6.11. The Kier molecular flexibility index (Phi) is 4.50. The van der Waals surface area contributed by atoms with Gasteiger partial charge in [0.05, 0.1) is 12.1 Å². The van der Waals surface area contributed by atoms with Crippen LogP contribution in [0.3, 0.4) is 0 Å². The fourth-order valence-electron chi connectivity index (χ4n) is 1.57. The Balaban J connectivity index is 2.89. The Morgan fingerprint density at radius 2 is 2.18 bits per heavy atom. The summed E-state index contributed by atoms with van der Waals surface area (Å²) >= 11 is 5.87. The summed E-state index contributed by atoms with van der Waals surface area (Å²) in [6.07, 6.45) is 0. The van der Waals surface area contributed by atoms with Crippen LogP contribution in [0.25, 0.3) is 0 Å². The lowest BCUT2D eigenvalue weighted by Gasteiger charge is -2.27. The minimum Gasteiger partial charge on any atom is -0.301 e. The Morgan fingerprint density at radius 3 is 2.76 bits per heavy atom. The molecule has 1 unspecified atom stereocenters. The van der Waals surface area contributed by atoms with Gasteiger partial charge in [0.2, 0.25) is 0 Å². The zero-order chi connectivity index (χ0) is 13.1. The third-order valence-corrected chi connectivity index (χ3v) is 2.94. The first kappa shape index (κ1) is 14.0. The van der Waals surface area contributed by atoms with Gasteiger partial charge in [-0.3, -0.25) is 0 Å². The quantitative estimate of drug-likeness (QED) is 0.895. The smallest absolute Gasteiger partial charge is 0.127 e. The molecule has 0 aromatic heterocycles. The van der Waals surface area contributed by atoms with Crippen LogP contribution in [0.2, 0.25) is 5.02 Å². The molecule has 2 nitrogen and oxygen atoms in total. The van der Waals surface area contributed by atoms with Crippen LogP contribution in [0, 0.1) is 17.1 Å². The van der Waals surface area contributed by atoms with Gasteiger partial charge in [0, 0.05) is 17.0 Å². The van der Waals surface area contributed by atoms with Gasteiger partial charge in [0.15, 0.2) is 0 Å². The van der Waals surface area contributed by atoms with Crippen molar-refractivity contribution in [3.63, 3.8) is 0 Å². The predicted molar refractivity (Wildman–Crippen MR) is 67.5 cm³/mol. The number of hydrogen-bond acceptors (Lipinski definition) is 2. The van der Waals surface area contributed by atoms with Gasteiger partial charge in [-0.25, -0.2) is 4.39 Å². The third-order valence-electron chi connectivity index (χ3n) is 2.70. The molecule has 1 N–H and O–H groups in total. The molecule has 17 heavy (non-hydrogen) atoms. The molecule has 0 saturated carbocycles. The van der Waals surface area contributed by atoms with Gasteiger partial charge in [0.25, 0.3) is 0 Å². The monoisotopic (exact) mass is 254 g/mol. The number of nitrogens with one attached hydrogen (secondary N) is 1. The number of rotatable bonds is 4. The normalized spacial score (nSPS) is 13.2. The average molecular weight is 255 g/mol. The van der Waals surface area contributed by atoms with Crippen molar-refractivity contribution in [2.24, 2.45) is 0 Å². The van der Waals surface area contributed by atoms with Gasteiger partial charge < -0.3 is 5.32 Å². The molecule has 1 atom stereocenters. The summed E-state index contributed by atoms with van der Waals surface area (Å²) in [4.78, 5) is 0. The van der Waals surface area contributed by atoms with Crippen LogP contribution in [0.5, 0.6) is 0 Å². The third kappa shape index (κ3) is 3.69. The highest BCUT2D eigenvalue weighted by Gasteiger charge is 2.24. The van der Waals surface area contributed by atoms with Crippen LogP contribution < -0.4 is 5.32 Å². The molecule has 1 aromatic rings. The minimum absolute atomic E-state index is 0.253. The summed E-state index contributed by atoms with van der Waals surface area (Å²) in [5.74, 6) is -0.272. The van der Waals surface area contributed by atoms with Crippen LogP contribution in [-0.2, 0) is 5.41 Å². The first-order valence-electron chi connectivity index (χ1n) is 5.45. The second-order valence-electron chi connectivity index (χ2n) is 4.74. The summed E-state index contributed by atoms with van der Waals surface area (Å²) in [6, 6.07) is 6.36. The summed E-state index contributed by atoms with van der Waals surface area (Å²) in [5, 5.41) is 12.3. The molecule has 0 fully saturated rings. The van der Waals surface area contributed by atoms with Crippen LogP contribution in [0.1, 0.15) is 26.3 Å². The molecule has 0 aliphatic carbocycles. The maximum Gasteiger partial charge on any atom is 0.127 e. The van der Waals surface area contributed by atoms with Crippen molar-refractivity contribution in [3.8, 4) is 6.07 Å². The van der Waals surface area contributed by atoms with E-state index in [1.807, 2.05) is 13.8 Å². The number of hydrogen-bond donors (Lipinski definition) is 1. The minimum atomic E-state index is -0.417. The lowest BCUT2D eigenvalue weighted by molar-refractivity contribution is 0.435. The van der Waals surface area contributed by atoms with Crippen molar-refractivity contribution in [2.75, 3.05) is 6.54 Å². The lowest BCUT2D eigenvalue weighted by atomic mass is 9.84. The molecule has 4 heteroatoms. The van der Waals surface area contributed by atoms with Crippen molar-refractivity contribution >= 4 is 11.6 Å². The molecule has 0 saturated heterocycles. The van der Waals surface area contributed by atoms with E-state index in [0.29, 0.717) is 17.1 Å². The lowest BCUT2D eigenvalue weighted by Crippen LogP contribution is -2.37. The fourth-order valence-corrected chi connectivity index (χ4v) is 1.74. The van der Waals surface area contributed by atoms with E-state index in [4.69, 9.17) is 16.9 Å². The molecule has 0 bridgehead atoms. The standard InChI is InChI=1S/C13H16ClFN2/c1-9(7-16)17-8-13(2,3)11-6-10(14)4-5-12(11)15/h4-6,9,17H,8H2,1-3H3. The fraction of sp³-hybridized carbons (Fsp3) is 0.462. The van der Waals surface area contributed by atoms with Crippen LogP contribution in [0.4, 0.5) is 4.39 Å². The molecule has 0 spiro atoms. The Labute approximate surface area is 106 Å². The summed E-state index contributed by atoms with van der Waals surface area (Å²) < 4.78 is 13.7. The zero-order valence-corrected chi connectivity index (χ0v) is 11.0. The van der Waals surface area contributed by atoms with Gasteiger partial charge in [0.1, 0.15) is 5.82 Å². The highest BCUT2D eigenvalue weighted by Crippen LogP contribution is 2.27. The van der Waals surface area contributed by atoms with E-state index in [9.17, 15) is 4.39 Å². The van der Waals surface area contributed by atoms with Crippen molar-refractivity contribution in [1.29, 1.82) is 5.26 Å². The first-order chi connectivity index (χ1) is 7.86. The number of nitriles is 1. The number of halogens is 2. The largest absolute Gasteiger partial charge is 0.301 e. The number of nitrogens with zero attached hydrogens (tertiary/aromatic N) is 1. The van der Waals surface area contributed by atoms with E-state index in [2.05, 4.69) is 11.4 Å². The predicted octanol–water partition coefficient (Wildman–Crippen LogP) is 3.26. The zero-order valence-electron chi connectivity index (χ0n) is 10.2. The summed E-state index contributed by atoms with van der Waals surface area (Å²) in [5.41, 5.74) is 0.141. The van der Waals surface area contributed by atoms with Gasteiger partial charge in [-0.1, -0.05) is 25.4 Å². The molecule has 0 amide bonds. The molecular formula is C13H16ClFN2. The second kappa shape index (κ2) is 5.48. The van der Waals surface area contributed by atoms with Gasteiger partial charge in [-0.15, -0.1) is 0 Å². The van der Waals surface area contributed by atoms with E-state index >= 15 is 0 Å². The van der Waals surface area contributed by atoms with E-state index < -0.39 is 5.41 Å². The molecular weight excluding hydrogens is 239 g/mol. The van der Waals surface area contributed by atoms with Crippen molar-refractivity contribution < 1.29 is 4.39 Å². The topological polar surface area (TPSA) is 35.8 Å². The van der Waals surface area contributed by atoms with Crippen molar-refractivity contribution in [2.45, 2.75) is 32.2 Å². The van der Waals surface area contributed by atoms with E-state index in [1.165, 1.54) is 12.1 Å². The highest BCUT2D eigenvalue weighted by molar-refractivity contribution is 6.30. The molecule has 0 aliphatic heterocycles. The van der Waals surface area contributed by atoms with E-state index in [0.717, 1.165) is 0 Å². The van der Waals surface area contributed by atoms with Gasteiger partial charge in [-0.05, 0) is 30.7 Å². The average Bonchev–Trinajstić information content (AvgIpc) is 2.29. The molecule has 0 radical (unpaired) electrons. The van der Waals surface area contributed by atoms with Crippen molar-refractivity contribution in [3.05, 3.63) is 34.6 Å². The second-order valence-corrected chi connectivity index (χ2v) is 5.18. The van der Waals surface area contributed by atoms with Crippen molar-refractivity contribution in [1.82, 2.24) is 5.32 Å². The summed E-state index contributed by atoms with van der Waals surface area (Å²) in [7, 11) is 0. The maximum absolute atomic E-state index is 13.7. The maximum atomic E-state index is 13.7. The SMILES string of the molecule is CC(C#N)NCC(C)(C)c1cc(Cl)ccc1F. The Bertz CT molecular complexity index is 438. The van der Waals surface area contributed by atoms with Crippen LogP contribution >= 0.6 is 11.6 Å². The molecule has 92 valence electrons. The van der Waals surface area contributed by atoms with Gasteiger partial charge >= 0.3 is 0 Å². The first-order valence-corrected chi connectivity index (χ1v) is 5.83. The van der Waals surface area contributed by atoms with E-state index in [-0.39, 0.29) is 11.9 Å². The highest BCUT2D eigenvalue weighted by atomic mass is 35.5. The Hall–Kier alpha value is -1.11. The molecule has 1 aromatic carbocycles. The Morgan fingerprint density at radius 1 is 1.53 bits per heavy atom. The van der Waals surface area contributed by atoms with Crippen LogP contribution in [-0.4, -0.2) is 12.6 Å². The molecule has 1 rings (SSSR count). The molecule has 0 heterocycles. The van der Waals surface area contributed by atoms with Crippen LogP contribution in [0.15, 0.2) is 18.2 Å².